The van der Waals surface area contributed by atoms with Gasteiger partial charge in [0.05, 0.1) is 18.7 Å². The number of Topliss-reactive ketones (excluding diaryl/α,β-unsaturated/α-hetero) is 1. The Hall–Kier alpha value is -2.39. The molecule has 2 aromatic carbocycles. The van der Waals surface area contributed by atoms with Crippen molar-refractivity contribution >= 4 is 40.0 Å². The number of aliphatic hydroxyl groups is 1. The summed E-state index contributed by atoms with van der Waals surface area (Å²) in [6, 6.07) is 13.8. The molecule has 0 aromatic heterocycles. The number of amides is 1. The fourth-order valence-corrected chi connectivity index (χ4v) is 3.70. The van der Waals surface area contributed by atoms with E-state index in [0.29, 0.717) is 24.4 Å². The summed E-state index contributed by atoms with van der Waals surface area (Å²) in [5.41, 5.74) is 1.32. The van der Waals surface area contributed by atoms with Gasteiger partial charge in [0.25, 0.3) is 11.7 Å². The molecule has 6 nitrogen and oxygen atoms in total. The number of hydrogen-bond donors (Lipinski definition) is 1. The Kier molecular flexibility index (Phi) is 6.59. The maximum absolute atomic E-state index is 12.9. The molecule has 0 bridgehead atoms. The average molecular weight is 506 g/mol. The molecule has 3 rings (SSSR count). The van der Waals surface area contributed by atoms with Crippen molar-refractivity contribution in [2.75, 3.05) is 34.3 Å². The Morgan fingerprint density at radius 1 is 1.17 bits per heavy atom. The van der Waals surface area contributed by atoms with Crippen LogP contribution in [0.1, 0.15) is 17.2 Å². The monoisotopic (exact) mass is 506 g/mol. The van der Waals surface area contributed by atoms with Crippen molar-refractivity contribution in [3.63, 3.8) is 0 Å². The van der Waals surface area contributed by atoms with Crippen molar-refractivity contribution in [3.05, 3.63) is 68.8 Å². The number of methoxy groups -OCH3 is 1. The Morgan fingerprint density at radius 3 is 2.48 bits per heavy atom. The number of likely N-dealkylation sites (N-methyl/N-ethyl adjacent to an activating group) is 1. The molecule has 1 atom stereocenters. The number of carbonyl (C=O) groups excluding carboxylic acids is 2. The molecule has 1 amide bonds. The molecular weight excluding hydrogens is 483 g/mol. The van der Waals surface area contributed by atoms with Gasteiger partial charge < -0.3 is 19.6 Å². The van der Waals surface area contributed by atoms with Crippen LogP contribution in [0.15, 0.2) is 54.1 Å². The number of ether oxygens (including phenoxy) is 1. The fraction of sp³-hybridized carbons (Fsp3) is 0.273. The second kappa shape index (κ2) is 8.96. The molecule has 1 fully saturated rings. The third kappa shape index (κ3) is 4.45. The predicted octanol–water partition coefficient (Wildman–Crippen LogP) is 3.28. The van der Waals surface area contributed by atoms with Crippen LogP contribution in [0.25, 0.3) is 5.76 Å². The third-order valence-electron chi connectivity index (χ3n) is 4.86. The minimum absolute atomic E-state index is 0.100. The quantitative estimate of drug-likeness (QED) is 0.282. The van der Waals surface area contributed by atoms with Crippen molar-refractivity contribution < 1.29 is 19.4 Å². The van der Waals surface area contributed by atoms with E-state index in [9.17, 15) is 14.7 Å². The van der Waals surface area contributed by atoms with Crippen molar-refractivity contribution in [2.45, 2.75) is 6.04 Å². The first-order chi connectivity index (χ1) is 13.8. The molecule has 0 saturated carbocycles. The summed E-state index contributed by atoms with van der Waals surface area (Å²) in [5, 5.41) is 11.0. The van der Waals surface area contributed by atoms with Gasteiger partial charge in [0.2, 0.25) is 0 Å². The molecule has 1 aliphatic heterocycles. The molecular formula is C22H23IN2O4. The Morgan fingerprint density at radius 2 is 1.86 bits per heavy atom. The van der Waals surface area contributed by atoms with Crippen LogP contribution >= 0.6 is 22.6 Å². The summed E-state index contributed by atoms with van der Waals surface area (Å²) >= 11 is 2.20. The largest absolute Gasteiger partial charge is 0.507 e. The summed E-state index contributed by atoms with van der Waals surface area (Å²) in [7, 11) is 5.35. The number of likely N-dealkylation sites (tertiary alicyclic amines) is 1. The Balaban J connectivity index is 2.14. The van der Waals surface area contributed by atoms with Crippen LogP contribution in [-0.2, 0) is 9.59 Å². The third-order valence-corrected chi connectivity index (χ3v) is 5.58. The number of halogens is 1. The second-order valence-corrected chi connectivity index (χ2v) is 8.32. The normalized spacial score (nSPS) is 18.5. The predicted molar refractivity (Wildman–Crippen MR) is 120 cm³/mol. The highest BCUT2D eigenvalue weighted by atomic mass is 127. The molecule has 152 valence electrons. The van der Waals surface area contributed by atoms with Gasteiger partial charge in [-0.3, -0.25) is 9.59 Å². The summed E-state index contributed by atoms with van der Waals surface area (Å²) in [4.78, 5) is 29.2. The van der Waals surface area contributed by atoms with Gasteiger partial charge in [0.15, 0.2) is 0 Å². The first-order valence-corrected chi connectivity index (χ1v) is 10.2. The minimum atomic E-state index is -0.673. The van der Waals surface area contributed by atoms with E-state index in [1.54, 1.807) is 24.3 Å². The van der Waals surface area contributed by atoms with E-state index >= 15 is 0 Å². The van der Waals surface area contributed by atoms with Crippen LogP contribution in [0, 0.1) is 3.57 Å². The SMILES string of the molecule is COc1cccc(C(O)=C2C(=O)C(=O)N(CCN(C)C)C2c2ccc(I)cc2)c1. The van der Waals surface area contributed by atoms with Gasteiger partial charge in [-0.1, -0.05) is 24.3 Å². The first kappa shape index (κ1) is 21.3. The Bertz CT molecular complexity index is 954. The number of ketones is 1. The zero-order valence-corrected chi connectivity index (χ0v) is 18.7. The van der Waals surface area contributed by atoms with E-state index in [2.05, 4.69) is 22.6 Å². The van der Waals surface area contributed by atoms with Crippen molar-refractivity contribution in [1.29, 1.82) is 0 Å². The maximum Gasteiger partial charge on any atom is 0.295 e. The fourth-order valence-electron chi connectivity index (χ4n) is 3.34. The lowest BCUT2D eigenvalue weighted by Crippen LogP contribution is -2.35. The van der Waals surface area contributed by atoms with Crippen molar-refractivity contribution in [2.24, 2.45) is 0 Å². The summed E-state index contributed by atoms with van der Waals surface area (Å²) < 4.78 is 6.27. The van der Waals surface area contributed by atoms with Gasteiger partial charge in [-0.15, -0.1) is 0 Å². The number of aliphatic hydroxyl groups excluding tert-OH is 1. The topological polar surface area (TPSA) is 70.1 Å². The summed E-state index contributed by atoms with van der Waals surface area (Å²) in [6.45, 7) is 0.982. The highest BCUT2D eigenvalue weighted by Gasteiger charge is 2.45. The van der Waals surface area contributed by atoms with Crippen LogP contribution < -0.4 is 4.74 Å². The van der Waals surface area contributed by atoms with Crippen molar-refractivity contribution in [3.8, 4) is 5.75 Å². The average Bonchev–Trinajstić information content (AvgIpc) is 2.97. The molecule has 29 heavy (non-hydrogen) atoms. The van der Waals surface area contributed by atoms with Gasteiger partial charge in [0, 0.05) is 22.2 Å². The van der Waals surface area contributed by atoms with E-state index in [4.69, 9.17) is 4.74 Å². The van der Waals surface area contributed by atoms with Crippen LogP contribution in [0.2, 0.25) is 0 Å². The zero-order valence-electron chi connectivity index (χ0n) is 16.6. The highest BCUT2D eigenvalue weighted by Crippen LogP contribution is 2.39. The van der Waals surface area contributed by atoms with Crippen LogP contribution in [0.3, 0.4) is 0 Å². The van der Waals surface area contributed by atoms with E-state index in [1.165, 1.54) is 12.0 Å². The molecule has 7 heteroatoms. The van der Waals surface area contributed by atoms with Gasteiger partial charge in [-0.25, -0.2) is 0 Å². The number of hydrogen-bond acceptors (Lipinski definition) is 5. The van der Waals surface area contributed by atoms with Gasteiger partial charge >= 0.3 is 0 Å². The molecule has 0 radical (unpaired) electrons. The minimum Gasteiger partial charge on any atom is -0.507 e. The molecule has 2 aromatic rings. The van der Waals surface area contributed by atoms with E-state index < -0.39 is 17.7 Å². The van der Waals surface area contributed by atoms with Gasteiger partial charge in [-0.2, -0.15) is 0 Å². The highest BCUT2D eigenvalue weighted by molar-refractivity contribution is 14.1. The smallest absolute Gasteiger partial charge is 0.295 e. The Labute approximate surface area is 183 Å². The van der Waals surface area contributed by atoms with Crippen molar-refractivity contribution in [1.82, 2.24) is 9.80 Å². The number of carbonyl (C=O) groups is 2. The summed E-state index contributed by atoms with van der Waals surface area (Å²) in [5.74, 6) is -0.910. The molecule has 1 aliphatic rings. The molecule has 1 unspecified atom stereocenters. The lowest BCUT2D eigenvalue weighted by atomic mass is 9.95. The first-order valence-electron chi connectivity index (χ1n) is 9.16. The molecule has 1 saturated heterocycles. The second-order valence-electron chi connectivity index (χ2n) is 7.08. The zero-order chi connectivity index (χ0) is 21.1. The lowest BCUT2D eigenvalue weighted by Gasteiger charge is -2.26. The number of rotatable bonds is 6. The molecule has 0 aliphatic carbocycles. The summed E-state index contributed by atoms with van der Waals surface area (Å²) in [6.07, 6.45) is 0. The van der Waals surface area contributed by atoms with Gasteiger partial charge in [0.1, 0.15) is 11.5 Å². The van der Waals surface area contributed by atoms with Crippen LogP contribution in [0.4, 0.5) is 0 Å². The van der Waals surface area contributed by atoms with Gasteiger partial charge in [-0.05, 0) is 66.5 Å². The van der Waals surface area contributed by atoms with E-state index in [-0.39, 0.29) is 11.3 Å². The molecule has 1 heterocycles. The molecule has 1 N–H and O–H groups in total. The van der Waals surface area contributed by atoms with Crippen LogP contribution in [-0.4, -0.2) is 60.9 Å². The standard InChI is InChI=1S/C22H23IN2O4/c1-24(2)11-12-25-19(14-7-9-16(23)10-8-14)18(21(27)22(25)28)20(26)15-5-4-6-17(13-15)29-3/h4-10,13,19,26H,11-12H2,1-3H3. The molecule has 0 spiro atoms. The lowest BCUT2D eigenvalue weighted by molar-refractivity contribution is -0.140. The van der Waals surface area contributed by atoms with E-state index in [1.807, 2.05) is 43.3 Å². The van der Waals surface area contributed by atoms with Crippen LogP contribution in [0.5, 0.6) is 5.75 Å². The van der Waals surface area contributed by atoms with E-state index in [0.717, 1.165) is 9.13 Å². The number of benzene rings is 2. The maximum atomic E-state index is 12.9. The number of nitrogens with zero attached hydrogens (tertiary/aromatic N) is 2.